The maximum Gasteiger partial charge on any atom is 0.243 e. The smallest absolute Gasteiger partial charge is 0.243 e. The molecule has 2 aromatic rings. The molecule has 0 fully saturated rings. The van der Waals surface area contributed by atoms with Gasteiger partial charge >= 0.3 is 0 Å². The summed E-state index contributed by atoms with van der Waals surface area (Å²) < 4.78 is 27.7. The number of amides is 2. The van der Waals surface area contributed by atoms with Gasteiger partial charge in [-0.25, -0.2) is 8.42 Å². The first-order chi connectivity index (χ1) is 15.2. The molecular weight excluding hydrogens is 530 g/mol. The Morgan fingerprint density at radius 1 is 1.12 bits per heavy atom. The van der Waals surface area contributed by atoms with Crippen molar-refractivity contribution in [3.05, 3.63) is 63.6 Å². The van der Waals surface area contributed by atoms with Gasteiger partial charge in [0.05, 0.1) is 11.4 Å². The molecule has 2 rings (SSSR count). The van der Waals surface area contributed by atoms with Crippen molar-refractivity contribution in [2.24, 2.45) is 0 Å². The molecule has 0 aliphatic rings. The monoisotopic (exact) mass is 557 g/mol. The zero-order valence-electron chi connectivity index (χ0n) is 19.3. The van der Waals surface area contributed by atoms with E-state index in [1.165, 1.54) is 36.2 Å². The molecule has 0 spiro atoms. The number of hydrogen-bond acceptors (Lipinski definition) is 4. The highest BCUT2D eigenvalue weighted by Gasteiger charge is 2.31. The first-order valence-electron chi connectivity index (χ1n) is 10.3. The summed E-state index contributed by atoms with van der Waals surface area (Å²) in [7, 11) is -2.59. The first kappa shape index (κ1) is 27.3. The zero-order valence-corrected chi connectivity index (χ0v) is 22.5. The van der Waals surface area contributed by atoms with E-state index in [0.29, 0.717) is 5.02 Å². The fraction of sp³-hybridized carbons (Fsp3) is 0.391. The van der Waals surface area contributed by atoms with Gasteiger partial charge in [-0.15, -0.1) is 0 Å². The number of likely N-dealkylation sites (N-methyl/N-ethyl adjacent to an activating group) is 1. The molecule has 0 aliphatic heterocycles. The van der Waals surface area contributed by atoms with E-state index in [1.807, 2.05) is 45.0 Å². The van der Waals surface area contributed by atoms with Crippen LogP contribution in [0.25, 0.3) is 0 Å². The van der Waals surface area contributed by atoms with Crippen LogP contribution in [0.15, 0.2) is 57.9 Å². The molecule has 1 N–H and O–H groups in total. The van der Waals surface area contributed by atoms with Crippen LogP contribution in [0.2, 0.25) is 5.02 Å². The molecular formula is C23H29BrClN3O4S. The minimum atomic E-state index is -3.92. The van der Waals surface area contributed by atoms with Crippen molar-refractivity contribution in [2.75, 3.05) is 13.6 Å². The second-order valence-electron chi connectivity index (χ2n) is 8.78. The molecule has 1 atom stereocenters. The van der Waals surface area contributed by atoms with Gasteiger partial charge in [0.25, 0.3) is 0 Å². The lowest BCUT2D eigenvalue weighted by Gasteiger charge is -2.32. The van der Waals surface area contributed by atoms with Crippen LogP contribution in [-0.2, 0) is 26.2 Å². The van der Waals surface area contributed by atoms with Gasteiger partial charge in [0.15, 0.2) is 0 Å². The summed E-state index contributed by atoms with van der Waals surface area (Å²) in [5.41, 5.74) is 0.321. The predicted molar refractivity (Wildman–Crippen MR) is 133 cm³/mol. The third-order valence-corrected chi connectivity index (χ3v) is 7.35. The number of nitrogens with one attached hydrogen (secondary N) is 1. The Kier molecular flexibility index (Phi) is 9.09. The van der Waals surface area contributed by atoms with Crippen LogP contribution >= 0.6 is 27.5 Å². The summed E-state index contributed by atoms with van der Waals surface area (Å²) in [6.07, 6.45) is 0. The van der Waals surface area contributed by atoms with Crippen LogP contribution in [0.4, 0.5) is 0 Å². The molecule has 2 aromatic carbocycles. The number of halogens is 2. The molecule has 0 saturated heterocycles. The first-order valence-corrected chi connectivity index (χ1v) is 12.9. The van der Waals surface area contributed by atoms with Crippen LogP contribution in [0.1, 0.15) is 33.3 Å². The van der Waals surface area contributed by atoms with Gasteiger partial charge in [0.1, 0.15) is 6.04 Å². The molecule has 2 amide bonds. The van der Waals surface area contributed by atoms with Crippen LogP contribution in [-0.4, -0.2) is 54.6 Å². The standard InChI is InChI=1S/C23H29BrClN3O4S/c1-16(22(30)26-23(2,3)4)28(14-17-7-6-8-18(24)13-17)21(29)15-27(5)33(31,32)20-11-9-19(25)10-12-20/h6-13,16H,14-15H2,1-5H3,(H,26,30)/t16-/m0/s1. The van der Waals surface area contributed by atoms with E-state index >= 15 is 0 Å². The van der Waals surface area contributed by atoms with Crippen LogP contribution in [0.3, 0.4) is 0 Å². The van der Waals surface area contributed by atoms with E-state index in [-0.39, 0.29) is 17.3 Å². The third-order valence-electron chi connectivity index (χ3n) is 4.79. The van der Waals surface area contributed by atoms with Gasteiger partial charge in [-0.05, 0) is 69.7 Å². The maximum atomic E-state index is 13.3. The van der Waals surface area contributed by atoms with Crippen LogP contribution in [0, 0.1) is 0 Å². The number of carbonyl (C=O) groups excluding carboxylic acids is 2. The summed E-state index contributed by atoms with van der Waals surface area (Å²) in [5, 5.41) is 3.29. The fourth-order valence-corrected chi connectivity index (χ4v) is 4.73. The van der Waals surface area contributed by atoms with Gasteiger partial charge in [0.2, 0.25) is 21.8 Å². The Hall–Kier alpha value is -1.94. The highest BCUT2D eigenvalue weighted by Crippen LogP contribution is 2.19. The van der Waals surface area contributed by atoms with Gasteiger partial charge in [0, 0.05) is 28.6 Å². The molecule has 33 heavy (non-hydrogen) atoms. The lowest BCUT2D eigenvalue weighted by Crippen LogP contribution is -2.54. The molecule has 0 bridgehead atoms. The second kappa shape index (κ2) is 11.0. The molecule has 7 nitrogen and oxygen atoms in total. The van der Waals surface area contributed by atoms with E-state index in [2.05, 4.69) is 21.2 Å². The largest absolute Gasteiger partial charge is 0.350 e. The average Bonchev–Trinajstić information content (AvgIpc) is 2.70. The minimum Gasteiger partial charge on any atom is -0.350 e. The van der Waals surface area contributed by atoms with Crippen molar-refractivity contribution >= 4 is 49.4 Å². The molecule has 10 heteroatoms. The van der Waals surface area contributed by atoms with Crippen molar-refractivity contribution in [3.8, 4) is 0 Å². The van der Waals surface area contributed by atoms with Crippen molar-refractivity contribution in [1.82, 2.24) is 14.5 Å². The summed E-state index contributed by atoms with van der Waals surface area (Å²) in [4.78, 5) is 27.5. The summed E-state index contributed by atoms with van der Waals surface area (Å²) >= 11 is 9.27. The number of nitrogens with zero attached hydrogens (tertiary/aromatic N) is 2. The minimum absolute atomic E-state index is 0.0271. The van der Waals surface area contributed by atoms with Crippen molar-refractivity contribution in [2.45, 2.75) is 50.7 Å². The molecule has 0 unspecified atom stereocenters. The maximum absolute atomic E-state index is 13.3. The summed E-state index contributed by atoms with van der Waals surface area (Å²) in [5.74, 6) is -0.819. The van der Waals surface area contributed by atoms with Crippen LogP contribution < -0.4 is 5.32 Å². The molecule has 0 radical (unpaired) electrons. The Labute approximate surface area is 209 Å². The summed E-state index contributed by atoms with van der Waals surface area (Å²) in [6.45, 7) is 6.91. The van der Waals surface area contributed by atoms with E-state index in [0.717, 1.165) is 14.3 Å². The Morgan fingerprint density at radius 3 is 2.27 bits per heavy atom. The molecule has 0 heterocycles. The number of benzene rings is 2. The SMILES string of the molecule is C[C@@H](C(=O)NC(C)(C)C)N(Cc1cccc(Br)c1)C(=O)CN(C)S(=O)(=O)c1ccc(Cl)cc1. The third kappa shape index (κ3) is 7.81. The van der Waals surface area contributed by atoms with Gasteiger partial charge in [-0.3, -0.25) is 9.59 Å². The lowest BCUT2D eigenvalue weighted by atomic mass is 10.1. The van der Waals surface area contributed by atoms with Crippen molar-refractivity contribution in [1.29, 1.82) is 0 Å². The quantitative estimate of drug-likeness (QED) is 0.530. The molecule has 0 aliphatic carbocycles. The topological polar surface area (TPSA) is 86.8 Å². The lowest BCUT2D eigenvalue weighted by molar-refractivity contribution is -0.141. The van der Waals surface area contributed by atoms with Gasteiger partial charge in [-0.2, -0.15) is 4.31 Å². The molecule has 0 aromatic heterocycles. The summed E-state index contributed by atoms with van der Waals surface area (Å²) in [6, 6.07) is 12.3. The van der Waals surface area contributed by atoms with Crippen molar-refractivity contribution in [3.63, 3.8) is 0 Å². The number of sulfonamides is 1. The zero-order chi connectivity index (χ0) is 25.0. The van der Waals surface area contributed by atoms with Crippen molar-refractivity contribution < 1.29 is 18.0 Å². The second-order valence-corrected chi connectivity index (χ2v) is 12.2. The van der Waals surface area contributed by atoms with E-state index in [1.54, 1.807) is 6.92 Å². The number of carbonyl (C=O) groups is 2. The normalized spacial score (nSPS) is 13.0. The Bertz CT molecular complexity index is 1100. The predicted octanol–water partition coefficient (Wildman–Crippen LogP) is 4.06. The highest BCUT2D eigenvalue weighted by atomic mass is 79.9. The molecule has 0 saturated carbocycles. The Morgan fingerprint density at radius 2 is 1.73 bits per heavy atom. The number of hydrogen-bond donors (Lipinski definition) is 1. The number of rotatable bonds is 8. The highest BCUT2D eigenvalue weighted by molar-refractivity contribution is 9.10. The fourth-order valence-electron chi connectivity index (χ4n) is 3.04. The molecule has 180 valence electrons. The van der Waals surface area contributed by atoms with E-state index < -0.39 is 34.1 Å². The average molecular weight is 559 g/mol. The van der Waals surface area contributed by atoms with E-state index in [9.17, 15) is 18.0 Å². The van der Waals surface area contributed by atoms with E-state index in [4.69, 9.17) is 11.6 Å². The van der Waals surface area contributed by atoms with Gasteiger partial charge < -0.3 is 10.2 Å². The van der Waals surface area contributed by atoms with Crippen LogP contribution in [0.5, 0.6) is 0 Å². The Balaban J connectivity index is 2.29. The van der Waals surface area contributed by atoms with Gasteiger partial charge in [-0.1, -0.05) is 39.7 Å².